The lowest BCUT2D eigenvalue weighted by Gasteiger charge is -2.01. The fourth-order valence-corrected chi connectivity index (χ4v) is 3.61. The van der Waals surface area contributed by atoms with Crippen LogP contribution in [-0.4, -0.2) is 25.9 Å². The highest BCUT2D eigenvalue weighted by molar-refractivity contribution is 5.84. The van der Waals surface area contributed by atoms with Crippen molar-refractivity contribution in [3.8, 4) is 0 Å². The Hall–Kier alpha value is -2.99. The zero-order valence-corrected chi connectivity index (χ0v) is 14.4. The molecule has 0 bridgehead atoms. The summed E-state index contributed by atoms with van der Waals surface area (Å²) in [5, 5.41) is 13.5. The van der Waals surface area contributed by atoms with E-state index in [2.05, 4.69) is 10.1 Å². The minimum atomic E-state index is -0.350. The van der Waals surface area contributed by atoms with E-state index >= 15 is 0 Å². The van der Waals surface area contributed by atoms with E-state index in [1.54, 1.807) is 11.7 Å². The largest absolute Gasteiger partial charge is 0.289 e. The second kappa shape index (κ2) is 6.72. The van der Waals surface area contributed by atoms with Gasteiger partial charge in [0.2, 0.25) is 5.91 Å². The first-order chi connectivity index (χ1) is 12.7. The van der Waals surface area contributed by atoms with E-state index in [4.69, 9.17) is 5.21 Å². The summed E-state index contributed by atoms with van der Waals surface area (Å²) in [6, 6.07) is 13.9. The highest BCUT2D eigenvalue weighted by Crippen LogP contribution is 2.60. The summed E-state index contributed by atoms with van der Waals surface area (Å²) < 4.78 is 1.83. The third-order valence-electron chi connectivity index (χ3n) is 4.95. The fourth-order valence-electron chi connectivity index (χ4n) is 3.61. The molecular weight excluding hydrogens is 328 g/mol. The molecule has 0 radical (unpaired) electrons. The van der Waals surface area contributed by atoms with Crippen LogP contribution in [0.1, 0.15) is 34.2 Å². The molecule has 0 spiro atoms. The van der Waals surface area contributed by atoms with Gasteiger partial charge in [-0.2, -0.15) is 5.10 Å². The van der Waals surface area contributed by atoms with E-state index in [0.29, 0.717) is 6.54 Å². The van der Waals surface area contributed by atoms with E-state index in [1.165, 1.54) is 0 Å². The second-order valence-corrected chi connectivity index (χ2v) is 6.76. The Labute approximate surface area is 151 Å². The van der Waals surface area contributed by atoms with Crippen LogP contribution in [0.5, 0.6) is 0 Å². The van der Waals surface area contributed by atoms with Gasteiger partial charge in [-0.1, -0.05) is 36.4 Å². The zero-order chi connectivity index (χ0) is 18.1. The van der Waals surface area contributed by atoms with Crippen molar-refractivity contribution >= 4 is 5.91 Å². The molecule has 26 heavy (non-hydrogen) atoms. The smallest absolute Gasteiger partial charge is 0.247 e. The van der Waals surface area contributed by atoms with Crippen molar-refractivity contribution < 1.29 is 10.0 Å². The minimum absolute atomic E-state index is 0.0178. The predicted molar refractivity (Wildman–Crippen MR) is 95.6 cm³/mol. The van der Waals surface area contributed by atoms with Crippen molar-refractivity contribution in [2.45, 2.75) is 25.3 Å². The number of hydrogen-bond donors (Lipinski definition) is 2. The molecule has 2 aromatic heterocycles. The average molecular weight is 348 g/mol. The van der Waals surface area contributed by atoms with Crippen molar-refractivity contribution in [2.75, 3.05) is 0 Å². The number of rotatable bonds is 5. The van der Waals surface area contributed by atoms with Crippen LogP contribution in [-0.2, 0) is 11.3 Å². The van der Waals surface area contributed by atoms with E-state index in [1.807, 2.05) is 66.5 Å². The van der Waals surface area contributed by atoms with Gasteiger partial charge < -0.3 is 0 Å². The van der Waals surface area contributed by atoms with E-state index in [9.17, 15) is 4.79 Å². The molecule has 3 atom stereocenters. The van der Waals surface area contributed by atoms with Gasteiger partial charge in [0.1, 0.15) is 0 Å². The Balaban J connectivity index is 1.55. The molecule has 1 aliphatic carbocycles. The monoisotopic (exact) mass is 348 g/mol. The molecule has 6 nitrogen and oxygen atoms in total. The second-order valence-electron chi connectivity index (χ2n) is 6.76. The summed E-state index contributed by atoms with van der Waals surface area (Å²) in [7, 11) is 0. The third kappa shape index (κ3) is 3.11. The number of pyridine rings is 1. The Kier molecular flexibility index (Phi) is 4.26. The van der Waals surface area contributed by atoms with Crippen LogP contribution in [0.3, 0.4) is 0 Å². The van der Waals surface area contributed by atoms with Crippen LogP contribution in [0.2, 0.25) is 0 Å². The third-order valence-corrected chi connectivity index (χ3v) is 4.95. The van der Waals surface area contributed by atoms with Gasteiger partial charge >= 0.3 is 0 Å². The van der Waals surface area contributed by atoms with Crippen molar-refractivity contribution in [1.29, 1.82) is 0 Å². The van der Waals surface area contributed by atoms with E-state index < -0.39 is 0 Å². The maximum Gasteiger partial charge on any atom is 0.247 e. The summed E-state index contributed by atoms with van der Waals surface area (Å²) in [5.41, 5.74) is 5.96. The number of nitrogens with one attached hydrogen (secondary N) is 1. The van der Waals surface area contributed by atoms with Gasteiger partial charge in [-0.3, -0.25) is 19.7 Å². The number of aryl methyl sites for hydroxylation is 1. The summed E-state index contributed by atoms with van der Waals surface area (Å²) >= 11 is 0. The molecule has 0 unspecified atom stereocenters. The van der Waals surface area contributed by atoms with Crippen molar-refractivity contribution in [1.82, 2.24) is 20.2 Å². The molecule has 4 rings (SSSR count). The quantitative estimate of drug-likeness (QED) is 0.549. The molecule has 1 amide bonds. The molecular formula is C20H20N4O2. The van der Waals surface area contributed by atoms with Crippen molar-refractivity contribution in [3.05, 3.63) is 83.4 Å². The topological polar surface area (TPSA) is 80.0 Å². The Morgan fingerprint density at radius 3 is 2.58 bits per heavy atom. The number of nitrogens with zero attached hydrogens (tertiary/aromatic N) is 3. The first-order valence-electron chi connectivity index (χ1n) is 8.60. The van der Waals surface area contributed by atoms with Gasteiger partial charge in [-0.05, 0) is 29.7 Å². The molecule has 1 aliphatic rings. The van der Waals surface area contributed by atoms with Gasteiger partial charge in [0.05, 0.1) is 24.4 Å². The summed E-state index contributed by atoms with van der Waals surface area (Å²) in [6.45, 7) is 2.59. The number of hydroxylamine groups is 1. The maximum atomic E-state index is 12.1. The minimum Gasteiger partial charge on any atom is -0.289 e. The van der Waals surface area contributed by atoms with Crippen molar-refractivity contribution in [3.63, 3.8) is 0 Å². The average Bonchev–Trinajstić information content (AvgIpc) is 3.26. The van der Waals surface area contributed by atoms with Crippen molar-refractivity contribution in [2.24, 2.45) is 5.92 Å². The summed E-state index contributed by atoms with van der Waals surface area (Å²) in [4.78, 5) is 16.5. The lowest BCUT2D eigenvalue weighted by Crippen LogP contribution is -2.21. The SMILES string of the molecule is Cc1ccc(Cn2cc([C@H]3[C@H](C(=O)NO)[C@@H]3c3ccccc3)cn2)nc1. The number of carbonyl (C=O) groups is 1. The molecule has 6 heteroatoms. The Morgan fingerprint density at radius 1 is 1.12 bits per heavy atom. The highest BCUT2D eigenvalue weighted by atomic mass is 16.5. The zero-order valence-electron chi connectivity index (χ0n) is 14.4. The molecule has 1 fully saturated rings. The maximum absolute atomic E-state index is 12.1. The number of benzene rings is 1. The first kappa shape index (κ1) is 16.5. The lowest BCUT2D eigenvalue weighted by atomic mass is 10.1. The van der Waals surface area contributed by atoms with Gasteiger partial charge in [0.15, 0.2) is 0 Å². The Bertz CT molecular complexity index is 905. The molecule has 2 N–H and O–H groups in total. The van der Waals surface area contributed by atoms with Gasteiger partial charge in [0, 0.05) is 24.2 Å². The van der Waals surface area contributed by atoms with Crippen LogP contribution >= 0.6 is 0 Å². The van der Waals surface area contributed by atoms with Gasteiger partial charge in [0.25, 0.3) is 0 Å². The van der Waals surface area contributed by atoms with Gasteiger partial charge in [-0.15, -0.1) is 0 Å². The molecule has 0 aliphatic heterocycles. The van der Waals surface area contributed by atoms with Crippen LogP contribution in [0, 0.1) is 12.8 Å². The van der Waals surface area contributed by atoms with E-state index in [0.717, 1.165) is 22.4 Å². The Morgan fingerprint density at radius 2 is 1.88 bits per heavy atom. The number of carbonyl (C=O) groups excluding carboxylic acids is 1. The number of hydrogen-bond acceptors (Lipinski definition) is 4. The van der Waals surface area contributed by atoms with Crippen LogP contribution in [0.25, 0.3) is 0 Å². The molecule has 3 aromatic rings. The van der Waals surface area contributed by atoms with Crippen LogP contribution in [0.4, 0.5) is 0 Å². The van der Waals surface area contributed by atoms with Crippen LogP contribution in [0.15, 0.2) is 61.1 Å². The molecule has 1 saturated carbocycles. The summed E-state index contributed by atoms with van der Waals surface area (Å²) in [5.74, 6) is -0.558. The molecule has 132 valence electrons. The molecule has 2 heterocycles. The molecule has 0 saturated heterocycles. The lowest BCUT2D eigenvalue weighted by molar-refractivity contribution is -0.130. The molecule has 1 aromatic carbocycles. The fraction of sp³-hybridized carbons (Fsp3) is 0.250. The van der Waals surface area contributed by atoms with Crippen LogP contribution < -0.4 is 5.48 Å². The standard InChI is InChI=1S/C20H20N4O2/c1-13-7-8-16(21-9-13)12-24-11-15(10-22-24)18-17(19(18)20(25)23-26)14-5-3-2-4-6-14/h2-11,17-19,26H,12H2,1H3,(H,23,25)/t17-,18-,19-/m1/s1. The predicted octanol–water partition coefficient (Wildman–Crippen LogP) is 2.64. The van der Waals surface area contributed by atoms with Gasteiger partial charge in [-0.25, -0.2) is 5.48 Å². The first-order valence-corrected chi connectivity index (χ1v) is 8.60. The highest BCUT2D eigenvalue weighted by Gasteiger charge is 2.56. The number of amides is 1. The summed E-state index contributed by atoms with van der Waals surface area (Å²) in [6.07, 6.45) is 5.61. The number of aromatic nitrogens is 3. The normalized spacial score (nSPS) is 21.4. The van der Waals surface area contributed by atoms with E-state index in [-0.39, 0.29) is 23.7 Å².